The molecule has 0 amide bonds. The van der Waals surface area contributed by atoms with Crippen molar-refractivity contribution in [1.29, 1.82) is 5.26 Å². The average Bonchev–Trinajstić information content (AvgIpc) is 2.55. The maximum atomic E-state index is 9.03. The minimum Gasteiger partial charge on any atom is -0.322 e. The van der Waals surface area contributed by atoms with Crippen molar-refractivity contribution in [1.82, 2.24) is 0 Å². The molecule has 1 aliphatic heterocycles. The Bertz CT molecular complexity index is 646. The summed E-state index contributed by atoms with van der Waals surface area (Å²) < 4.78 is 0. The fraction of sp³-hybridized carbons (Fsp3) is 0.389. The highest BCUT2D eigenvalue weighted by Crippen LogP contribution is 2.17. The average molecular weight is 281 g/mol. The van der Waals surface area contributed by atoms with Gasteiger partial charge in [0.25, 0.3) is 0 Å². The van der Waals surface area contributed by atoms with Crippen LogP contribution in [0.2, 0.25) is 0 Å². The summed E-state index contributed by atoms with van der Waals surface area (Å²) in [6, 6.07) is 17.7. The lowest BCUT2D eigenvalue weighted by Crippen LogP contribution is -3.29. The predicted octanol–water partition coefficient (Wildman–Crippen LogP) is 0.0353. The third kappa shape index (κ3) is 3.07. The fourth-order valence-corrected chi connectivity index (χ4v) is 3.34. The number of benzene rings is 2. The van der Waals surface area contributed by atoms with Crippen molar-refractivity contribution < 1.29 is 9.80 Å². The van der Waals surface area contributed by atoms with Crippen molar-refractivity contribution in [3.8, 4) is 6.07 Å². The molecule has 0 spiro atoms. The van der Waals surface area contributed by atoms with E-state index in [1.54, 1.807) is 4.90 Å². The van der Waals surface area contributed by atoms with Crippen LogP contribution in [-0.4, -0.2) is 32.2 Å². The number of hydrogen-bond donors (Lipinski definition) is 2. The molecule has 2 N–H and O–H groups in total. The van der Waals surface area contributed by atoms with Crippen LogP contribution in [-0.2, 0) is 6.54 Å². The molecule has 0 saturated carbocycles. The number of fused-ring (bicyclic) bond motifs is 1. The number of hydrogen-bond acceptors (Lipinski definition) is 1. The Morgan fingerprint density at radius 2 is 1.76 bits per heavy atom. The van der Waals surface area contributed by atoms with Crippen LogP contribution in [0.25, 0.3) is 10.8 Å². The minimum atomic E-state index is 0.129. The molecular weight excluding hydrogens is 258 g/mol. The number of piperazine rings is 1. The molecule has 3 rings (SSSR count). The molecule has 108 valence electrons. The highest BCUT2D eigenvalue weighted by atomic mass is 15.3. The Morgan fingerprint density at radius 1 is 1.05 bits per heavy atom. The molecule has 0 radical (unpaired) electrons. The molecule has 3 nitrogen and oxygen atoms in total. The van der Waals surface area contributed by atoms with Crippen LogP contribution in [0.15, 0.2) is 42.5 Å². The van der Waals surface area contributed by atoms with Gasteiger partial charge in [-0.25, -0.2) is 0 Å². The summed E-state index contributed by atoms with van der Waals surface area (Å²) in [5.74, 6) is 0. The van der Waals surface area contributed by atoms with Crippen molar-refractivity contribution in [3.05, 3.63) is 48.0 Å². The first-order chi connectivity index (χ1) is 10.3. The SMILES string of the molecule is C[C@@H](C#N)[NH+]1CC[NH+](Cc2cccc3ccccc23)CC1. The normalized spacial score (nSPS) is 23.6. The number of rotatable bonds is 3. The van der Waals surface area contributed by atoms with E-state index in [-0.39, 0.29) is 6.04 Å². The van der Waals surface area contributed by atoms with Crippen molar-refractivity contribution >= 4 is 10.8 Å². The standard InChI is InChI=1S/C18H21N3/c1-15(13-19)21-11-9-20(10-12-21)14-17-7-4-6-16-5-2-3-8-18(16)17/h2-8,15H,9-12,14H2,1H3/p+2/t15-/m0/s1. The van der Waals surface area contributed by atoms with Crippen LogP contribution in [0.4, 0.5) is 0 Å². The molecule has 2 aromatic carbocycles. The lowest BCUT2D eigenvalue weighted by Gasteiger charge is -2.31. The van der Waals surface area contributed by atoms with E-state index >= 15 is 0 Å². The molecule has 1 fully saturated rings. The Labute approximate surface area is 126 Å². The van der Waals surface area contributed by atoms with E-state index in [9.17, 15) is 0 Å². The molecule has 1 heterocycles. The van der Waals surface area contributed by atoms with E-state index in [4.69, 9.17) is 5.26 Å². The Kier molecular flexibility index (Phi) is 4.19. The van der Waals surface area contributed by atoms with Crippen molar-refractivity contribution in [2.75, 3.05) is 26.2 Å². The van der Waals surface area contributed by atoms with Gasteiger partial charge in [0.05, 0.1) is 0 Å². The van der Waals surface area contributed by atoms with E-state index in [0.717, 1.165) is 32.7 Å². The third-order valence-electron chi connectivity index (χ3n) is 4.73. The van der Waals surface area contributed by atoms with E-state index in [2.05, 4.69) is 48.5 Å². The first-order valence-electron chi connectivity index (χ1n) is 7.82. The second-order valence-corrected chi connectivity index (χ2v) is 6.07. The molecule has 21 heavy (non-hydrogen) atoms. The van der Waals surface area contributed by atoms with Gasteiger partial charge < -0.3 is 9.80 Å². The summed E-state index contributed by atoms with van der Waals surface area (Å²) in [7, 11) is 0. The van der Waals surface area contributed by atoms with Crippen LogP contribution in [0.1, 0.15) is 12.5 Å². The molecule has 2 aromatic rings. The topological polar surface area (TPSA) is 32.7 Å². The molecular formula is C18H23N3+2. The highest BCUT2D eigenvalue weighted by Gasteiger charge is 2.26. The Hall–Kier alpha value is -1.89. The van der Waals surface area contributed by atoms with Crippen LogP contribution in [0.3, 0.4) is 0 Å². The van der Waals surface area contributed by atoms with Crippen LogP contribution in [0.5, 0.6) is 0 Å². The smallest absolute Gasteiger partial charge is 0.172 e. The van der Waals surface area contributed by atoms with Gasteiger partial charge in [0.1, 0.15) is 38.8 Å². The van der Waals surface area contributed by atoms with Gasteiger partial charge >= 0.3 is 0 Å². The maximum Gasteiger partial charge on any atom is 0.172 e. The van der Waals surface area contributed by atoms with Gasteiger partial charge in [-0.05, 0) is 10.8 Å². The van der Waals surface area contributed by atoms with Crippen LogP contribution >= 0.6 is 0 Å². The minimum absolute atomic E-state index is 0.129. The zero-order valence-corrected chi connectivity index (χ0v) is 12.6. The number of nitriles is 1. The second kappa shape index (κ2) is 6.26. The summed E-state index contributed by atoms with van der Waals surface area (Å²) in [6.07, 6.45) is 0. The Morgan fingerprint density at radius 3 is 2.52 bits per heavy atom. The van der Waals surface area contributed by atoms with Gasteiger partial charge in [0.15, 0.2) is 6.04 Å². The van der Waals surface area contributed by atoms with Gasteiger partial charge in [-0.15, -0.1) is 0 Å². The molecule has 3 heteroatoms. The zero-order chi connectivity index (χ0) is 14.7. The second-order valence-electron chi connectivity index (χ2n) is 6.07. The monoisotopic (exact) mass is 281 g/mol. The molecule has 0 aromatic heterocycles. The lowest BCUT2D eigenvalue weighted by atomic mass is 10.0. The van der Waals surface area contributed by atoms with Gasteiger partial charge in [0, 0.05) is 12.5 Å². The number of nitrogens with zero attached hydrogens (tertiary/aromatic N) is 1. The predicted molar refractivity (Wildman–Crippen MR) is 84.1 cm³/mol. The first kappa shape index (κ1) is 14.1. The molecule has 1 aliphatic rings. The summed E-state index contributed by atoms with van der Waals surface area (Å²) in [5.41, 5.74) is 1.44. The largest absolute Gasteiger partial charge is 0.322 e. The summed E-state index contributed by atoms with van der Waals surface area (Å²) in [5, 5.41) is 11.7. The number of quaternary nitrogens is 2. The van der Waals surface area contributed by atoms with Gasteiger partial charge in [0.2, 0.25) is 0 Å². The quantitative estimate of drug-likeness (QED) is 0.818. The zero-order valence-electron chi connectivity index (χ0n) is 12.6. The van der Waals surface area contributed by atoms with E-state index in [1.165, 1.54) is 21.2 Å². The summed E-state index contributed by atoms with van der Waals surface area (Å²) >= 11 is 0. The first-order valence-corrected chi connectivity index (χ1v) is 7.82. The van der Waals surface area contributed by atoms with Crippen LogP contribution < -0.4 is 9.80 Å². The van der Waals surface area contributed by atoms with Gasteiger partial charge in [-0.1, -0.05) is 42.5 Å². The summed E-state index contributed by atoms with van der Waals surface area (Å²) in [4.78, 5) is 3.08. The fourth-order valence-electron chi connectivity index (χ4n) is 3.34. The van der Waals surface area contributed by atoms with E-state index < -0.39 is 0 Å². The maximum absolute atomic E-state index is 9.03. The third-order valence-corrected chi connectivity index (χ3v) is 4.73. The number of nitrogens with one attached hydrogen (secondary N) is 2. The van der Waals surface area contributed by atoms with Gasteiger partial charge in [-0.3, -0.25) is 0 Å². The van der Waals surface area contributed by atoms with Crippen molar-refractivity contribution in [3.63, 3.8) is 0 Å². The molecule has 1 atom stereocenters. The van der Waals surface area contributed by atoms with E-state index in [1.807, 2.05) is 6.92 Å². The molecule has 0 bridgehead atoms. The van der Waals surface area contributed by atoms with Crippen LogP contribution in [0, 0.1) is 11.3 Å². The summed E-state index contributed by atoms with van der Waals surface area (Å²) in [6.45, 7) is 7.65. The lowest BCUT2D eigenvalue weighted by molar-refractivity contribution is -1.02. The molecule has 0 unspecified atom stereocenters. The Balaban J connectivity index is 1.69. The van der Waals surface area contributed by atoms with Gasteiger partial charge in [-0.2, -0.15) is 5.26 Å². The molecule has 1 saturated heterocycles. The van der Waals surface area contributed by atoms with Crippen molar-refractivity contribution in [2.24, 2.45) is 0 Å². The van der Waals surface area contributed by atoms with Crippen molar-refractivity contribution in [2.45, 2.75) is 19.5 Å². The highest BCUT2D eigenvalue weighted by molar-refractivity contribution is 5.85. The van der Waals surface area contributed by atoms with E-state index in [0.29, 0.717) is 0 Å². The molecule has 0 aliphatic carbocycles.